The van der Waals surface area contributed by atoms with Crippen LogP contribution in [0.3, 0.4) is 0 Å². The van der Waals surface area contributed by atoms with Gasteiger partial charge < -0.3 is 15.3 Å². The topological polar surface area (TPSA) is 60.7 Å². The van der Waals surface area contributed by atoms with Crippen molar-refractivity contribution in [2.75, 3.05) is 12.9 Å². The van der Waals surface area contributed by atoms with Gasteiger partial charge in [-0.2, -0.15) is 11.8 Å². The van der Waals surface area contributed by atoms with E-state index >= 15 is 0 Å². The molecule has 62 valence electrons. The highest BCUT2D eigenvalue weighted by molar-refractivity contribution is 7.99. The Bertz CT molecular complexity index is 79.1. The molecule has 0 saturated heterocycles. The lowest BCUT2D eigenvalue weighted by Gasteiger charge is -2.20. The molecule has 3 nitrogen and oxygen atoms in total. The molecule has 0 bridgehead atoms. The fourth-order valence-corrected chi connectivity index (χ4v) is 1.02. The number of hydrogen-bond donors (Lipinski definition) is 3. The van der Waals surface area contributed by atoms with Crippen molar-refractivity contribution in [1.82, 2.24) is 0 Å². The standard InChI is InChI=1S/C6H14O3S/c1-4(10-2)6(9)5(8)3-7/h4-9H,3H2,1-2H3/t4?,5-,6-/m1/s1. The molecular weight excluding hydrogens is 152 g/mol. The summed E-state index contributed by atoms with van der Waals surface area (Å²) in [6.45, 7) is 1.42. The molecule has 3 N–H and O–H groups in total. The first kappa shape index (κ1) is 10.2. The van der Waals surface area contributed by atoms with Crippen LogP contribution >= 0.6 is 11.8 Å². The molecule has 0 amide bonds. The SMILES string of the molecule is CSC(C)[C@@H](O)[C@H](O)CO. The van der Waals surface area contributed by atoms with E-state index < -0.39 is 12.2 Å². The van der Waals surface area contributed by atoms with Gasteiger partial charge in [0.15, 0.2) is 0 Å². The number of thioether (sulfide) groups is 1. The van der Waals surface area contributed by atoms with Gasteiger partial charge >= 0.3 is 0 Å². The van der Waals surface area contributed by atoms with Crippen molar-refractivity contribution in [3.8, 4) is 0 Å². The Labute approximate surface area is 65.1 Å². The summed E-state index contributed by atoms with van der Waals surface area (Å²) in [7, 11) is 0. The predicted octanol–water partition coefficient (Wildman–Crippen LogP) is -0.548. The summed E-state index contributed by atoms with van der Waals surface area (Å²) in [6, 6.07) is 0. The van der Waals surface area contributed by atoms with Gasteiger partial charge in [-0.3, -0.25) is 0 Å². The lowest BCUT2D eigenvalue weighted by molar-refractivity contribution is -0.0123. The fourth-order valence-electron chi connectivity index (χ4n) is 0.560. The maximum atomic E-state index is 9.16. The third-order valence-electron chi connectivity index (χ3n) is 1.43. The van der Waals surface area contributed by atoms with Crippen molar-refractivity contribution in [2.45, 2.75) is 24.4 Å². The molecule has 0 spiro atoms. The van der Waals surface area contributed by atoms with Crippen molar-refractivity contribution in [3.05, 3.63) is 0 Å². The number of aliphatic hydroxyl groups is 3. The molecule has 0 aliphatic carbocycles. The highest BCUT2D eigenvalue weighted by Crippen LogP contribution is 2.12. The number of aliphatic hydroxyl groups excluding tert-OH is 3. The zero-order chi connectivity index (χ0) is 8.15. The second-order valence-corrected chi connectivity index (χ2v) is 3.40. The average molecular weight is 166 g/mol. The van der Waals surface area contributed by atoms with E-state index in [2.05, 4.69) is 0 Å². The lowest BCUT2D eigenvalue weighted by atomic mass is 10.1. The Morgan fingerprint density at radius 2 is 1.90 bits per heavy atom. The molecule has 0 fully saturated rings. The van der Waals surface area contributed by atoms with Crippen LogP contribution in [0.5, 0.6) is 0 Å². The Morgan fingerprint density at radius 1 is 1.40 bits per heavy atom. The molecule has 0 heterocycles. The molecular formula is C6H14O3S. The van der Waals surface area contributed by atoms with Gasteiger partial charge in [-0.05, 0) is 6.26 Å². The highest BCUT2D eigenvalue weighted by Gasteiger charge is 2.20. The van der Waals surface area contributed by atoms with Crippen LogP contribution < -0.4 is 0 Å². The molecule has 10 heavy (non-hydrogen) atoms. The molecule has 0 aromatic carbocycles. The van der Waals surface area contributed by atoms with Crippen LogP contribution in [0, 0.1) is 0 Å². The largest absolute Gasteiger partial charge is 0.394 e. The molecule has 0 aliphatic heterocycles. The summed E-state index contributed by atoms with van der Waals surface area (Å²) in [4.78, 5) is 0. The normalized spacial score (nSPS) is 20.1. The molecule has 0 saturated carbocycles. The van der Waals surface area contributed by atoms with Gasteiger partial charge in [0.05, 0.1) is 12.7 Å². The van der Waals surface area contributed by atoms with Gasteiger partial charge in [0, 0.05) is 5.25 Å². The summed E-state index contributed by atoms with van der Waals surface area (Å²) in [5.74, 6) is 0. The molecule has 0 aliphatic rings. The van der Waals surface area contributed by atoms with Crippen molar-refractivity contribution < 1.29 is 15.3 Å². The predicted molar refractivity (Wildman–Crippen MR) is 42.1 cm³/mol. The van der Waals surface area contributed by atoms with Gasteiger partial charge in [-0.25, -0.2) is 0 Å². The second kappa shape index (κ2) is 4.96. The minimum Gasteiger partial charge on any atom is -0.394 e. The van der Waals surface area contributed by atoms with Gasteiger partial charge in [0.2, 0.25) is 0 Å². The van der Waals surface area contributed by atoms with E-state index in [4.69, 9.17) is 15.3 Å². The Hall–Kier alpha value is 0.230. The van der Waals surface area contributed by atoms with Crippen LogP contribution in [0.1, 0.15) is 6.92 Å². The van der Waals surface area contributed by atoms with Gasteiger partial charge in [-0.15, -0.1) is 0 Å². The maximum absolute atomic E-state index is 9.16. The highest BCUT2D eigenvalue weighted by atomic mass is 32.2. The van der Waals surface area contributed by atoms with E-state index in [1.807, 2.05) is 6.26 Å². The van der Waals surface area contributed by atoms with Crippen molar-refractivity contribution >= 4 is 11.8 Å². The molecule has 0 aromatic rings. The van der Waals surface area contributed by atoms with Crippen LogP contribution in [-0.4, -0.2) is 45.6 Å². The smallest absolute Gasteiger partial charge is 0.104 e. The van der Waals surface area contributed by atoms with E-state index in [0.29, 0.717) is 0 Å². The quantitative estimate of drug-likeness (QED) is 0.524. The van der Waals surface area contributed by atoms with Crippen LogP contribution in [0.25, 0.3) is 0 Å². The van der Waals surface area contributed by atoms with Crippen molar-refractivity contribution in [1.29, 1.82) is 0 Å². The molecule has 4 heteroatoms. The minimum atomic E-state index is -1.01. The maximum Gasteiger partial charge on any atom is 0.104 e. The van der Waals surface area contributed by atoms with Gasteiger partial charge in [-0.1, -0.05) is 6.92 Å². The Morgan fingerprint density at radius 3 is 2.20 bits per heavy atom. The molecule has 0 rings (SSSR count). The third-order valence-corrected chi connectivity index (χ3v) is 2.46. The van der Waals surface area contributed by atoms with Crippen molar-refractivity contribution in [2.24, 2.45) is 0 Å². The second-order valence-electron chi connectivity index (χ2n) is 2.18. The molecule has 0 radical (unpaired) electrons. The van der Waals surface area contributed by atoms with Crippen LogP contribution in [-0.2, 0) is 0 Å². The minimum absolute atomic E-state index is 0.0397. The average Bonchev–Trinajstić information content (AvgIpc) is 2.00. The Balaban J connectivity index is 3.69. The lowest BCUT2D eigenvalue weighted by Crippen LogP contribution is -2.36. The van der Waals surface area contributed by atoms with Gasteiger partial charge in [0.1, 0.15) is 6.10 Å². The van der Waals surface area contributed by atoms with E-state index in [0.717, 1.165) is 0 Å². The van der Waals surface area contributed by atoms with Crippen molar-refractivity contribution in [3.63, 3.8) is 0 Å². The van der Waals surface area contributed by atoms with Crippen LogP contribution in [0.4, 0.5) is 0 Å². The summed E-state index contributed by atoms with van der Waals surface area (Å²) >= 11 is 1.46. The summed E-state index contributed by atoms with van der Waals surface area (Å²) < 4.78 is 0. The van der Waals surface area contributed by atoms with E-state index in [1.165, 1.54) is 11.8 Å². The monoisotopic (exact) mass is 166 g/mol. The zero-order valence-corrected chi connectivity index (χ0v) is 7.01. The summed E-state index contributed by atoms with van der Waals surface area (Å²) in [5.41, 5.74) is 0. The summed E-state index contributed by atoms with van der Waals surface area (Å²) in [5, 5.41) is 26.5. The zero-order valence-electron chi connectivity index (χ0n) is 6.19. The van der Waals surface area contributed by atoms with Crippen LogP contribution in [0.2, 0.25) is 0 Å². The number of hydrogen-bond acceptors (Lipinski definition) is 4. The fraction of sp³-hybridized carbons (Fsp3) is 1.00. The summed E-state index contributed by atoms with van der Waals surface area (Å²) in [6.07, 6.45) is 0.000265. The first-order valence-corrected chi connectivity index (χ1v) is 4.42. The van der Waals surface area contributed by atoms with E-state index in [-0.39, 0.29) is 11.9 Å². The first-order valence-electron chi connectivity index (χ1n) is 3.13. The molecule has 1 unspecified atom stereocenters. The Kier molecular flexibility index (Phi) is 5.07. The molecule has 0 aromatic heterocycles. The van der Waals surface area contributed by atoms with E-state index in [9.17, 15) is 0 Å². The number of rotatable bonds is 4. The van der Waals surface area contributed by atoms with Crippen LogP contribution in [0.15, 0.2) is 0 Å². The first-order chi connectivity index (χ1) is 4.63. The van der Waals surface area contributed by atoms with E-state index in [1.54, 1.807) is 6.92 Å². The third kappa shape index (κ3) is 2.88. The molecule has 3 atom stereocenters. The van der Waals surface area contributed by atoms with Gasteiger partial charge in [0.25, 0.3) is 0 Å².